The lowest BCUT2D eigenvalue weighted by molar-refractivity contribution is -0.133. The van der Waals surface area contributed by atoms with Gasteiger partial charge in [0.2, 0.25) is 5.91 Å². The molecule has 19 heavy (non-hydrogen) atoms. The predicted octanol–water partition coefficient (Wildman–Crippen LogP) is 1.49. The van der Waals surface area contributed by atoms with Gasteiger partial charge < -0.3 is 15.5 Å². The van der Waals surface area contributed by atoms with Crippen LogP contribution in [0.25, 0.3) is 0 Å². The fourth-order valence-corrected chi connectivity index (χ4v) is 2.39. The number of hydrogen-bond acceptors (Lipinski definition) is 2. The molecule has 1 saturated carbocycles. The van der Waals surface area contributed by atoms with Crippen molar-refractivity contribution < 1.29 is 9.59 Å². The highest BCUT2D eigenvalue weighted by Crippen LogP contribution is 2.31. The number of carbonyl (C=O) groups excluding carboxylic acids is 2. The summed E-state index contributed by atoms with van der Waals surface area (Å²) < 4.78 is 0. The van der Waals surface area contributed by atoms with Crippen molar-refractivity contribution in [3.05, 3.63) is 0 Å². The number of hydrogen-bond donors (Lipinski definition) is 2. The van der Waals surface area contributed by atoms with E-state index >= 15 is 0 Å². The van der Waals surface area contributed by atoms with Crippen molar-refractivity contribution in [1.29, 1.82) is 0 Å². The van der Waals surface area contributed by atoms with Crippen molar-refractivity contribution in [2.75, 3.05) is 13.1 Å². The largest absolute Gasteiger partial charge is 0.342 e. The van der Waals surface area contributed by atoms with Crippen LogP contribution in [0, 0.1) is 5.92 Å². The van der Waals surface area contributed by atoms with Gasteiger partial charge in [-0.2, -0.15) is 0 Å². The van der Waals surface area contributed by atoms with Gasteiger partial charge in [-0.1, -0.05) is 0 Å². The van der Waals surface area contributed by atoms with Crippen LogP contribution in [0.1, 0.15) is 46.5 Å². The highest BCUT2D eigenvalue weighted by Gasteiger charge is 2.35. The van der Waals surface area contributed by atoms with Gasteiger partial charge in [0.15, 0.2) is 0 Å². The minimum Gasteiger partial charge on any atom is -0.342 e. The molecular formula is C14H25N3O2. The molecule has 5 heteroatoms. The molecule has 0 unspecified atom stereocenters. The molecule has 1 heterocycles. The summed E-state index contributed by atoms with van der Waals surface area (Å²) in [6.07, 6.45) is 3.84. The molecule has 0 radical (unpaired) electrons. The average Bonchev–Trinajstić information content (AvgIpc) is 3.10. The zero-order chi connectivity index (χ0) is 14.0. The molecule has 0 aromatic carbocycles. The van der Waals surface area contributed by atoms with Gasteiger partial charge in [0.1, 0.15) is 0 Å². The van der Waals surface area contributed by atoms with Crippen LogP contribution in [0.15, 0.2) is 0 Å². The molecular weight excluding hydrogens is 242 g/mol. The minimum atomic E-state index is -0.216. The first kappa shape index (κ1) is 14.2. The van der Waals surface area contributed by atoms with Crippen LogP contribution < -0.4 is 10.6 Å². The van der Waals surface area contributed by atoms with Gasteiger partial charge in [-0.3, -0.25) is 4.79 Å². The first-order chi connectivity index (χ1) is 8.85. The average molecular weight is 267 g/mol. The maximum atomic E-state index is 11.9. The number of likely N-dealkylation sites (tertiary alicyclic amines) is 1. The maximum absolute atomic E-state index is 11.9. The van der Waals surface area contributed by atoms with E-state index in [9.17, 15) is 9.59 Å². The first-order valence-electron chi connectivity index (χ1n) is 7.22. The number of nitrogens with one attached hydrogen (secondary N) is 2. The van der Waals surface area contributed by atoms with E-state index in [1.165, 1.54) is 0 Å². The van der Waals surface area contributed by atoms with Crippen LogP contribution in [0.4, 0.5) is 4.79 Å². The van der Waals surface area contributed by atoms with Gasteiger partial charge in [0.25, 0.3) is 0 Å². The Balaban J connectivity index is 1.71. The van der Waals surface area contributed by atoms with Gasteiger partial charge >= 0.3 is 6.03 Å². The summed E-state index contributed by atoms with van der Waals surface area (Å²) in [6, 6.07) is 0.0741. The molecule has 1 saturated heterocycles. The van der Waals surface area contributed by atoms with Gasteiger partial charge in [0.05, 0.1) is 0 Å². The van der Waals surface area contributed by atoms with E-state index in [1.54, 1.807) is 0 Å². The zero-order valence-electron chi connectivity index (χ0n) is 12.2. The molecule has 0 spiro atoms. The summed E-state index contributed by atoms with van der Waals surface area (Å²) in [5.74, 6) is 0.617. The van der Waals surface area contributed by atoms with Gasteiger partial charge in [0, 0.05) is 30.6 Å². The molecule has 0 aromatic rings. The molecule has 0 atom stereocenters. The molecule has 2 fully saturated rings. The molecule has 1 aliphatic carbocycles. The van der Waals surface area contributed by atoms with Crippen molar-refractivity contribution >= 4 is 11.9 Å². The Morgan fingerprint density at radius 2 is 1.63 bits per heavy atom. The SMILES string of the molecule is CC(C)(C)NC(=O)NC1CCN(C(=O)C2CC2)CC1. The maximum Gasteiger partial charge on any atom is 0.315 e. The second-order valence-corrected chi connectivity index (χ2v) is 6.72. The molecule has 1 aliphatic heterocycles. The summed E-state index contributed by atoms with van der Waals surface area (Å²) in [6.45, 7) is 7.43. The van der Waals surface area contributed by atoms with Crippen LogP contribution in [0.2, 0.25) is 0 Å². The highest BCUT2D eigenvalue weighted by atomic mass is 16.2. The summed E-state index contributed by atoms with van der Waals surface area (Å²) in [5, 5.41) is 5.89. The molecule has 2 rings (SSSR count). The molecule has 3 amide bonds. The molecule has 0 bridgehead atoms. The Hall–Kier alpha value is -1.26. The number of rotatable bonds is 2. The Morgan fingerprint density at radius 3 is 2.11 bits per heavy atom. The second kappa shape index (κ2) is 5.39. The topological polar surface area (TPSA) is 61.4 Å². The molecule has 5 nitrogen and oxygen atoms in total. The Morgan fingerprint density at radius 1 is 1.05 bits per heavy atom. The van der Waals surface area contributed by atoms with Crippen molar-refractivity contribution in [1.82, 2.24) is 15.5 Å². The lowest BCUT2D eigenvalue weighted by Gasteiger charge is -2.33. The number of nitrogens with zero attached hydrogens (tertiary/aromatic N) is 1. The van der Waals surface area contributed by atoms with E-state index < -0.39 is 0 Å². The van der Waals surface area contributed by atoms with Gasteiger partial charge in [-0.05, 0) is 46.5 Å². The summed E-state index contributed by atoms with van der Waals surface area (Å²) >= 11 is 0. The summed E-state index contributed by atoms with van der Waals surface area (Å²) in [4.78, 5) is 25.6. The van der Waals surface area contributed by atoms with E-state index in [0.29, 0.717) is 11.8 Å². The van der Waals surface area contributed by atoms with Gasteiger partial charge in [-0.25, -0.2) is 4.79 Å². The predicted molar refractivity (Wildman–Crippen MR) is 73.7 cm³/mol. The third kappa shape index (κ3) is 4.40. The Labute approximate surface area is 115 Å². The van der Waals surface area contributed by atoms with E-state index in [4.69, 9.17) is 0 Å². The molecule has 2 aliphatic rings. The van der Waals surface area contributed by atoms with E-state index in [0.717, 1.165) is 38.8 Å². The van der Waals surface area contributed by atoms with Crippen molar-refractivity contribution in [3.63, 3.8) is 0 Å². The normalized spacial score (nSPS) is 21.1. The van der Waals surface area contributed by atoms with Crippen LogP contribution >= 0.6 is 0 Å². The van der Waals surface area contributed by atoms with Crippen LogP contribution in [-0.2, 0) is 4.79 Å². The third-order valence-corrected chi connectivity index (χ3v) is 3.56. The Bertz CT molecular complexity index is 350. The fraction of sp³-hybridized carbons (Fsp3) is 0.857. The Kier molecular flexibility index (Phi) is 4.02. The standard InChI is InChI=1S/C14H25N3O2/c1-14(2,3)16-13(19)15-11-6-8-17(9-7-11)12(18)10-4-5-10/h10-11H,4-9H2,1-3H3,(H2,15,16,19). The molecule has 2 N–H and O–H groups in total. The van der Waals surface area contributed by atoms with Crippen LogP contribution in [0.3, 0.4) is 0 Å². The molecule has 108 valence electrons. The minimum absolute atomic E-state index is 0.112. The fourth-order valence-electron chi connectivity index (χ4n) is 2.39. The number of amides is 3. The summed E-state index contributed by atoms with van der Waals surface area (Å²) in [7, 11) is 0. The second-order valence-electron chi connectivity index (χ2n) is 6.72. The quantitative estimate of drug-likeness (QED) is 0.796. The lowest BCUT2D eigenvalue weighted by atomic mass is 10.0. The monoisotopic (exact) mass is 267 g/mol. The summed E-state index contributed by atoms with van der Waals surface area (Å²) in [5.41, 5.74) is -0.216. The van der Waals surface area contributed by atoms with Crippen LogP contribution in [-0.4, -0.2) is 41.5 Å². The number of piperidine rings is 1. The van der Waals surface area contributed by atoms with Crippen molar-refractivity contribution in [3.8, 4) is 0 Å². The van der Waals surface area contributed by atoms with E-state index in [-0.39, 0.29) is 17.6 Å². The van der Waals surface area contributed by atoms with Crippen LogP contribution in [0.5, 0.6) is 0 Å². The van der Waals surface area contributed by atoms with E-state index in [1.807, 2.05) is 25.7 Å². The third-order valence-electron chi connectivity index (χ3n) is 3.56. The number of carbonyl (C=O) groups is 2. The lowest BCUT2D eigenvalue weighted by Crippen LogP contribution is -2.52. The highest BCUT2D eigenvalue weighted by molar-refractivity contribution is 5.81. The van der Waals surface area contributed by atoms with Gasteiger partial charge in [-0.15, -0.1) is 0 Å². The number of urea groups is 1. The first-order valence-corrected chi connectivity index (χ1v) is 7.22. The van der Waals surface area contributed by atoms with Crippen molar-refractivity contribution in [2.45, 2.75) is 58.0 Å². The zero-order valence-corrected chi connectivity index (χ0v) is 12.2. The van der Waals surface area contributed by atoms with Crippen molar-refractivity contribution in [2.24, 2.45) is 5.92 Å². The molecule has 0 aromatic heterocycles. The van der Waals surface area contributed by atoms with E-state index in [2.05, 4.69) is 10.6 Å². The smallest absolute Gasteiger partial charge is 0.315 e.